The first-order chi connectivity index (χ1) is 4.36. The number of benzene rings is 1. The lowest BCUT2D eigenvalue weighted by Crippen LogP contribution is -1.50. The lowest BCUT2D eigenvalue weighted by molar-refractivity contribution is 0.477. The summed E-state index contributed by atoms with van der Waals surface area (Å²) in [6, 6.07) is 1.77. The Kier molecular flexibility index (Phi) is 0.303. The Morgan fingerprint density at radius 3 is 2.22 bits per heavy atom. The van der Waals surface area contributed by atoms with E-state index in [-0.39, 0.29) is 5.75 Å². The van der Waals surface area contributed by atoms with Crippen LogP contribution < -0.4 is 0 Å². The molecule has 0 spiro atoms. The van der Waals surface area contributed by atoms with E-state index in [0.29, 0.717) is 11.2 Å². The van der Waals surface area contributed by atoms with Crippen molar-refractivity contribution < 1.29 is 13.9 Å². The molecule has 0 amide bonds. The van der Waals surface area contributed by atoms with Crippen molar-refractivity contribution in [2.75, 3.05) is 0 Å². The lowest BCUT2D eigenvalue weighted by atomic mass is 10.3. The topological polar surface area (TPSA) is 46.5 Å². The maximum absolute atomic E-state index is 9.06. The Labute approximate surface area is 49.1 Å². The molecule has 2 aromatic heterocycles. The molecule has 0 unspecified atom stereocenters. The maximum atomic E-state index is 9.06. The summed E-state index contributed by atoms with van der Waals surface area (Å²) in [7, 11) is 0. The third-order valence-electron chi connectivity index (χ3n) is 1.48. The van der Waals surface area contributed by atoms with Gasteiger partial charge in [-0.3, -0.25) is 0 Å². The Bertz CT molecular complexity index is 395. The van der Waals surface area contributed by atoms with E-state index in [4.69, 9.17) is 13.9 Å². The Morgan fingerprint density at radius 2 is 1.67 bits per heavy atom. The zero-order chi connectivity index (χ0) is 6.01. The zero-order valence-corrected chi connectivity index (χ0v) is 4.34. The van der Waals surface area contributed by atoms with E-state index < -0.39 is 0 Å². The molecule has 1 N–H and O–H groups in total. The summed E-state index contributed by atoms with van der Waals surface area (Å²) in [5.41, 5.74) is 2.63. The fraction of sp³-hybridized carbons (Fsp3) is 0. The van der Waals surface area contributed by atoms with Crippen molar-refractivity contribution in [2.24, 2.45) is 0 Å². The number of hydrogen-bond donors (Lipinski definition) is 1. The molecule has 44 valence electrons. The summed E-state index contributed by atoms with van der Waals surface area (Å²) in [6.45, 7) is 0. The molecule has 3 rings (SSSR count). The van der Waals surface area contributed by atoms with Gasteiger partial charge in [0.1, 0.15) is 0 Å². The molecule has 3 heteroatoms. The van der Waals surface area contributed by atoms with Crippen LogP contribution in [0.3, 0.4) is 0 Å². The molecule has 0 saturated carbocycles. The largest absolute Gasteiger partial charge is 0.501 e. The standard InChI is InChI=1S/C6H2O3/c7-4-5-2(8-5)1-3-6(4)9-3/h1,7H. The highest BCUT2D eigenvalue weighted by atomic mass is 16.4. The van der Waals surface area contributed by atoms with Gasteiger partial charge in [0.05, 0.1) is 0 Å². The van der Waals surface area contributed by atoms with Crippen molar-refractivity contribution in [3.8, 4) is 5.75 Å². The summed E-state index contributed by atoms with van der Waals surface area (Å²) >= 11 is 0. The van der Waals surface area contributed by atoms with Crippen LogP contribution in [-0.2, 0) is 0 Å². The predicted molar refractivity (Wildman–Crippen MR) is 30.0 cm³/mol. The second kappa shape index (κ2) is 0.757. The van der Waals surface area contributed by atoms with Crippen molar-refractivity contribution in [1.82, 2.24) is 0 Å². The van der Waals surface area contributed by atoms with Gasteiger partial charge in [-0.15, -0.1) is 0 Å². The number of phenolic OH excluding ortho intramolecular Hbond substituents is 1. The third kappa shape index (κ3) is 0.276. The van der Waals surface area contributed by atoms with Crippen molar-refractivity contribution in [2.45, 2.75) is 0 Å². The van der Waals surface area contributed by atoms with Gasteiger partial charge >= 0.3 is 0 Å². The molecule has 0 aliphatic rings. The van der Waals surface area contributed by atoms with Gasteiger partial charge in [0, 0.05) is 6.07 Å². The van der Waals surface area contributed by atoms with Crippen LogP contribution >= 0.6 is 0 Å². The highest BCUT2D eigenvalue weighted by Crippen LogP contribution is 2.44. The minimum Gasteiger partial charge on any atom is -0.501 e. The first kappa shape index (κ1) is 3.61. The second-order valence-corrected chi connectivity index (χ2v) is 2.08. The van der Waals surface area contributed by atoms with Crippen LogP contribution in [-0.4, -0.2) is 5.11 Å². The second-order valence-electron chi connectivity index (χ2n) is 2.08. The van der Waals surface area contributed by atoms with Crippen molar-refractivity contribution in [3.63, 3.8) is 0 Å². The minimum absolute atomic E-state index is 0.155. The van der Waals surface area contributed by atoms with Crippen LogP contribution in [0.4, 0.5) is 0 Å². The Hall–Kier alpha value is -1.38. The van der Waals surface area contributed by atoms with Gasteiger partial charge in [0.25, 0.3) is 0 Å². The highest BCUT2D eigenvalue weighted by molar-refractivity contribution is 6.03. The number of aromatic hydroxyl groups is 1. The van der Waals surface area contributed by atoms with Crippen LogP contribution in [0.1, 0.15) is 0 Å². The van der Waals surface area contributed by atoms with Crippen LogP contribution in [0.2, 0.25) is 0 Å². The molecular weight excluding hydrogens is 120 g/mol. The molecule has 0 radical (unpaired) electrons. The fourth-order valence-corrected chi connectivity index (χ4v) is 0.911. The van der Waals surface area contributed by atoms with E-state index in [1.54, 1.807) is 6.07 Å². The van der Waals surface area contributed by atoms with E-state index in [0.717, 1.165) is 11.2 Å². The van der Waals surface area contributed by atoms with E-state index in [1.807, 2.05) is 0 Å². The van der Waals surface area contributed by atoms with E-state index in [1.165, 1.54) is 0 Å². The molecule has 0 aliphatic carbocycles. The zero-order valence-electron chi connectivity index (χ0n) is 4.34. The predicted octanol–water partition coefficient (Wildman–Crippen LogP) is 1.76. The lowest BCUT2D eigenvalue weighted by Gasteiger charge is -1.70. The summed E-state index contributed by atoms with van der Waals surface area (Å²) in [5, 5.41) is 9.06. The van der Waals surface area contributed by atoms with Gasteiger partial charge in [-0.05, 0) is 0 Å². The SMILES string of the molecule is Oc1c2oc2cc2oc12. The summed E-state index contributed by atoms with van der Waals surface area (Å²) < 4.78 is 9.72. The normalized spacial score (nSPS) is 12.9. The van der Waals surface area contributed by atoms with Gasteiger partial charge < -0.3 is 13.9 Å². The van der Waals surface area contributed by atoms with E-state index >= 15 is 0 Å². The first-order valence-electron chi connectivity index (χ1n) is 2.62. The molecule has 0 saturated heterocycles. The maximum Gasteiger partial charge on any atom is 0.215 e. The molecule has 0 fully saturated rings. The quantitative estimate of drug-likeness (QED) is 0.494. The number of rotatable bonds is 0. The molecule has 9 heavy (non-hydrogen) atoms. The van der Waals surface area contributed by atoms with Gasteiger partial charge in [-0.25, -0.2) is 0 Å². The number of fused-ring (bicyclic) bond motifs is 2. The molecule has 3 nitrogen and oxygen atoms in total. The monoisotopic (exact) mass is 122 g/mol. The van der Waals surface area contributed by atoms with Crippen molar-refractivity contribution in [1.29, 1.82) is 0 Å². The van der Waals surface area contributed by atoms with Crippen LogP contribution in [0.25, 0.3) is 22.3 Å². The molecule has 0 aliphatic heterocycles. The molecule has 0 bridgehead atoms. The summed E-state index contributed by atoms with van der Waals surface area (Å²) in [5.74, 6) is 0.155. The average Bonchev–Trinajstić information content (AvgIpc) is 2.57. The first-order valence-corrected chi connectivity index (χ1v) is 2.62. The fourth-order valence-electron chi connectivity index (χ4n) is 0.911. The van der Waals surface area contributed by atoms with Crippen LogP contribution in [0.5, 0.6) is 5.75 Å². The molecule has 3 aromatic rings. The Morgan fingerprint density at radius 1 is 1.11 bits per heavy atom. The van der Waals surface area contributed by atoms with Gasteiger partial charge in [0.2, 0.25) is 16.9 Å². The molecule has 0 atom stereocenters. The van der Waals surface area contributed by atoms with Crippen molar-refractivity contribution >= 4 is 22.3 Å². The van der Waals surface area contributed by atoms with Gasteiger partial charge in [-0.1, -0.05) is 0 Å². The molecule has 2 heterocycles. The number of phenols is 1. The van der Waals surface area contributed by atoms with Gasteiger partial charge in [0.15, 0.2) is 11.2 Å². The highest BCUT2D eigenvalue weighted by Gasteiger charge is 2.23. The van der Waals surface area contributed by atoms with E-state index in [2.05, 4.69) is 0 Å². The minimum atomic E-state index is 0.155. The smallest absolute Gasteiger partial charge is 0.215 e. The average molecular weight is 122 g/mol. The summed E-state index contributed by atoms with van der Waals surface area (Å²) in [4.78, 5) is 0. The molecule has 1 aromatic carbocycles. The van der Waals surface area contributed by atoms with Crippen LogP contribution in [0.15, 0.2) is 14.9 Å². The van der Waals surface area contributed by atoms with Crippen molar-refractivity contribution in [3.05, 3.63) is 6.07 Å². The Balaban J connectivity index is 2.70. The summed E-state index contributed by atoms with van der Waals surface area (Å²) in [6.07, 6.45) is 0. The third-order valence-corrected chi connectivity index (χ3v) is 1.48. The van der Waals surface area contributed by atoms with E-state index in [9.17, 15) is 0 Å². The molecular formula is C6H2O3. The number of hydrogen-bond acceptors (Lipinski definition) is 3. The van der Waals surface area contributed by atoms with Crippen LogP contribution in [0, 0.1) is 0 Å². The van der Waals surface area contributed by atoms with Gasteiger partial charge in [-0.2, -0.15) is 0 Å².